The van der Waals surface area contributed by atoms with Crippen molar-refractivity contribution in [2.45, 2.75) is 97.7 Å². The molecule has 1 unspecified atom stereocenters. The molecule has 1 atom stereocenters. The number of ether oxygens (including phenoxy) is 1. The van der Waals surface area contributed by atoms with E-state index in [2.05, 4.69) is 13.8 Å². The Labute approximate surface area is 137 Å². The molecule has 4 nitrogen and oxygen atoms in total. The first-order chi connectivity index (χ1) is 10.3. The number of hydrogen-bond acceptors (Lipinski definition) is 3. The summed E-state index contributed by atoms with van der Waals surface area (Å²) in [6, 6.07) is 0. The van der Waals surface area contributed by atoms with Gasteiger partial charge in [-0.15, -0.1) is 0 Å². The lowest BCUT2D eigenvalue weighted by molar-refractivity contribution is 0.0295. The molecule has 132 valence electrons. The highest BCUT2D eigenvalue weighted by Crippen LogP contribution is 2.14. The Bertz CT molecular complexity index is 281. The monoisotopic (exact) mass is 315 g/mol. The number of hydrogen-bond donors (Lipinski definition) is 1. The van der Waals surface area contributed by atoms with Gasteiger partial charge in [0.15, 0.2) is 0 Å². The number of carbonyl (C=O) groups is 1. The number of amides is 1. The third-order valence-electron chi connectivity index (χ3n) is 3.52. The average molecular weight is 315 g/mol. The minimum Gasteiger partial charge on any atom is -0.444 e. The predicted molar refractivity (Wildman–Crippen MR) is 92.1 cm³/mol. The Hall–Kier alpha value is -0.770. The van der Waals surface area contributed by atoms with E-state index in [9.17, 15) is 9.90 Å². The second kappa shape index (κ2) is 11.8. The molecule has 0 saturated carbocycles. The van der Waals surface area contributed by atoms with E-state index in [0.29, 0.717) is 0 Å². The van der Waals surface area contributed by atoms with Gasteiger partial charge in [0.2, 0.25) is 0 Å². The SMILES string of the molecule is CC(C)(C)OC(=O)N1CCCC1.CCCCCC(O)CCC. The van der Waals surface area contributed by atoms with Crippen LogP contribution in [-0.2, 0) is 4.74 Å². The van der Waals surface area contributed by atoms with Crippen LogP contribution in [-0.4, -0.2) is 40.9 Å². The lowest BCUT2D eigenvalue weighted by atomic mass is 10.1. The van der Waals surface area contributed by atoms with Gasteiger partial charge in [0.1, 0.15) is 5.60 Å². The number of likely N-dealkylation sites (tertiary alicyclic amines) is 1. The Morgan fingerprint density at radius 2 is 1.68 bits per heavy atom. The van der Waals surface area contributed by atoms with E-state index in [4.69, 9.17) is 4.74 Å². The third-order valence-corrected chi connectivity index (χ3v) is 3.52. The molecule has 1 aliphatic heterocycles. The normalized spacial score (nSPS) is 16.0. The summed E-state index contributed by atoms with van der Waals surface area (Å²) in [4.78, 5) is 13.1. The first-order valence-corrected chi connectivity index (χ1v) is 8.96. The smallest absolute Gasteiger partial charge is 0.410 e. The Balaban J connectivity index is 0.000000409. The summed E-state index contributed by atoms with van der Waals surface area (Å²) in [7, 11) is 0. The maximum absolute atomic E-state index is 11.4. The third kappa shape index (κ3) is 11.8. The zero-order chi connectivity index (χ0) is 17.0. The first-order valence-electron chi connectivity index (χ1n) is 8.96. The zero-order valence-electron chi connectivity index (χ0n) is 15.4. The number of aliphatic hydroxyl groups excluding tert-OH is 1. The molecule has 0 aromatic rings. The number of unbranched alkanes of at least 4 members (excludes halogenated alkanes) is 2. The minimum absolute atomic E-state index is 0.0310. The lowest BCUT2D eigenvalue weighted by Gasteiger charge is -2.23. The van der Waals surface area contributed by atoms with Crippen LogP contribution in [0.3, 0.4) is 0 Å². The molecule has 1 fully saturated rings. The van der Waals surface area contributed by atoms with Crippen LogP contribution in [0.25, 0.3) is 0 Å². The quantitative estimate of drug-likeness (QED) is 0.720. The molecule has 22 heavy (non-hydrogen) atoms. The molecule has 1 amide bonds. The van der Waals surface area contributed by atoms with Gasteiger partial charge < -0.3 is 14.7 Å². The Kier molecular flexibility index (Phi) is 11.3. The molecule has 1 N–H and O–H groups in total. The van der Waals surface area contributed by atoms with Gasteiger partial charge in [-0.1, -0.05) is 39.5 Å². The summed E-state index contributed by atoms with van der Waals surface area (Å²) >= 11 is 0. The molecule has 0 spiro atoms. The van der Waals surface area contributed by atoms with Crippen LogP contribution in [0.5, 0.6) is 0 Å². The fraction of sp³-hybridized carbons (Fsp3) is 0.944. The maximum atomic E-state index is 11.4. The zero-order valence-corrected chi connectivity index (χ0v) is 15.4. The van der Waals surface area contributed by atoms with E-state index in [-0.39, 0.29) is 17.8 Å². The van der Waals surface area contributed by atoms with E-state index in [1.54, 1.807) is 4.90 Å². The molecule has 0 aromatic carbocycles. The molecule has 1 aliphatic rings. The molecule has 0 radical (unpaired) electrons. The van der Waals surface area contributed by atoms with Crippen molar-refractivity contribution in [2.75, 3.05) is 13.1 Å². The minimum atomic E-state index is -0.361. The van der Waals surface area contributed by atoms with Crippen LogP contribution in [0.1, 0.15) is 86.0 Å². The van der Waals surface area contributed by atoms with Crippen LogP contribution < -0.4 is 0 Å². The number of rotatable bonds is 6. The van der Waals surface area contributed by atoms with Crippen molar-refractivity contribution in [3.05, 3.63) is 0 Å². The molecule has 0 aliphatic carbocycles. The molecule has 1 saturated heterocycles. The lowest BCUT2D eigenvalue weighted by Crippen LogP contribution is -2.34. The fourth-order valence-electron chi connectivity index (χ4n) is 2.33. The summed E-state index contributed by atoms with van der Waals surface area (Å²) in [5.74, 6) is 0. The van der Waals surface area contributed by atoms with E-state index in [1.807, 2.05) is 20.8 Å². The van der Waals surface area contributed by atoms with Crippen LogP contribution in [0, 0.1) is 0 Å². The molecule has 1 heterocycles. The van der Waals surface area contributed by atoms with Crippen LogP contribution >= 0.6 is 0 Å². The molecule has 1 rings (SSSR count). The van der Waals surface area contributed by atoms with Gasteiger partial charge in [-0.3, -0.25) is 0 Å². The molecule has 4 heteroatoms. The van der Waals surface area contributed by atoms with Crippen molar-refractivity contribution in [1.29, 1.82) is 0 Å². The topological polar surface area (TPSA) is 49.8 Å². The molecule has 0 bridgehead atoms. The molecular weight excluding hydrogens is 278 g/mol. The van der Waals surface area contributed by atoms with Crippen molar-refractivity contribution in [3.63, 3.8) is 0 Å². The van der Waals surface area contributed by atoms with Gasteiger partial charge in [0.05, 0.1) is 6.10 Å². The largest absolute Gasteiger partial charge is 0.444 e. The summed E-state index contributed by atoms with van der Waals surface area (Å²) in [5.41, 5.74) is -0.361. The van der Waals surface area contributed by atoms with Crippen LogP contribution in [0.2, 0.25) is 0 Å². The number of carbonyl (C=O) groups excluding carboxylic acids is 1. The Morgan fingerprint density at radius 1 is 1.09 bits per heavy atom. The van der Waals surface area contributed by atoms with Crippen molar-refractivity contribution < 1.29 is 14.6 Å². The number of nitrogens with zero attached hydrogens (tertiary/aromatic N) is 1. The fourth-order valence-corrected chi connectivity index (χ4v) is 2.33. The van der Waals surface area contributed by atoms with Gasteiger partial charge in [0.25, 0.3) is 0 Å². The number of aliphatic hydroxyl groups is 1. The van der Waals surface area contributed by atoms with Crippen molar-refractivity contribution in [2.24, 2.45) is 0 Å². The van der Waals surface area contributed by atoms with E-state index in [1.165, 1.54) is 19.3 Å². The van der Waals surface area contributed by atoms with Crippen molar-refractivity contribution in [3.8, 4) is 0 Å². The van der Waals surface area contributed by atoms with E-state index in [0.717, 1.165) is 45.2 Å². The summed E-state index contributed by atoms with van der Waals surface area (Å²) in [6.45, 7) is 11.7. The average Bonchev–Trinajstić information content (AvgIpc) is 2.92. The van der Waals surface area contributed by atoms with Crippen LogP contribution in [0.15, 0.2) is 0 Å². The standard InChI is InChI=1S/C9H17NO2.C9H20O/c1-9(2,3)12-8(11)10-6-4-5-7-10;1-3-5-6-8-9(10)7-4-2/h4-7H2,1-3H3;9-10H,3-8H2,1-2H3. The maximum Gasteiger partial charge on any atom is 0.410 e. The summed E-state index contributed by atoms with van der Waals surface area (Å²) in [6.07, 6.45) is 8.81. The second-order valence-corrected chi connectivity index (χ2v) is 7.11. The Morgan fingerprint density at radius 3 is 2.14 bits per heavy atom. The van der Waals surface area contributed by atoms with Gasteiger partial charge in [0, 0.05) is 13.1 Å². The van der Waals surface area contributed by atoms with Gasteiger partial charge in [-0.05, 0) is 46.5 Å². The van der Waals surface area contributed by atoms with Gasteiger partial charge >= 0.3 is 6.09 Å². The van der Waals surface area contributed by atoms with Crippen molar-refractivity contribution >= 4 is 6.09 Å². The highest BCUT2D eigenvalue weighted by Gasteiger charge is 2.23. The van der Waals surface area contributed by atoms with Crippen LogP contribution in [0.4, 0.5) is 4.79 Å². The summed E-state index contributed by atoms with van der Waals surface area (Å²) in [5, 5.41) is 9.28. The second-order valence-electron chi connectivity index (χ2n) is 7.11. The first kappa shape index (κ1) is 21.2. The highest BCUT2D eigenvalue weighted by molar-refractivity contribution is 5.68. The van der Waals surface area contributed by atoms with E-state index >= 15 is 0 Å². The molecule has 0 aromatic heterocycles. The summed E-state index contributed by atoms with van der Waals surface area (Å²) < 4.78 is 5.21. The highest BCUT2D eigenvalue weighted by atomic mass is 16.6. The van der Waals surface area contributed by atoms with Gasteiger partial charge in [-0.25, -0.2) is 4.79 Å². The van der Waals surface area contributed by atoms with Crippen molar-refractivity contribution in [1.82, 2.24) is 4.90 Å². The molecular formula is C18H37NO3. The predicted octanol–water partition coefficient (Wildman–Crippen LogP) is 4.75. The van der Waals surface area contributed by atoms with E-state index < -0.39 is 0 Å². The van der Waals surface area contributed by atoms with Gasteiger partial charge in [-0.2, -0.15) is 0 Å².